The summed E-state index contributed by atoms with van der Waals surface area (Å²) in [6, 6.07) is 8.69. The molecule has 0 atom stereocenters. The van der Waals surface area contributed by atoms with Crippen molar-refractivity contribution in [3.63, 3.8) is 0 Å². The van der Waals surface area contributed by atoms with Crippen LogP contribution in [0.15, 0.2) is 45.8 Å². The molecule has 0 aromatic heterocycles. The van der Waals surface area contributed by atoms with Gasteiger partial charge in [-0.25, -0.2) is 17.5 Å². The lowest BCUT2D eigenvalue weighted by Crippen LogP contribution is -2.24. The number of phenolic OH excluding ortho intramolecular Hbond substituents is 1. The van der Waals surface area contributed by atoms with Crippen LogP contribution in [0.25, 0.3) is 0 Å². The van der Waals surface area contributed by atoms with Crippen LogP contribution in [0.1, 0.15) is 15.9 Å². The van der Waals surface area contributed by atoms with Crippen molar-refractivity contribution in [2.24, 2.45) is 0 Å². The molecule has 0 radical (unpaired) electrons. The molecule has 0 bridgehead atoms. The third kappa shape index (κ3) is 5.09. The Morgan fingerprint density at radius 2 is 1.86 bits per heavy atom. The minimum absolute atomic E-state index is 0.0614. The first-order valence-corrected chi connectivity index (χ1v) is 10.2. The van der Waals surface area contributed by atoms with E-state index in [1.807, 2.05) is 0 Å². The molecule has 2 N–H and O–H groups in total. The first kappa shape index (κ1) is 21.9. The van der Waals surface area contributed by atoms with Crippen molar-refractivity contribution in [3.8, 4) is 5.75 Å². The van der Waals surface area contributed by atoms with E-state index >= 15 is 0 Å². The average molecular weight is 471 g/mol. The van der Waals surface area contributed by atoms with Gasteiger partial charge in [-0.15, -0.1) is 0 Å². The van der Waals surface area contributed by atoms with Crippen LogP contribution in [-0.2, 0) is 19.6 Å². The van der Waals surface area contributed by atoms with Gasteiger partial charge in [-0.05, 0) is 42.8 Å². The molecule has 2 rings (SSSR count). The number of benzene rings is 2. The standard InChI is InChI=1S/C18H19BrN2O6S/c1-11-4-6-13(9-16(11)28(25,26)21(2)3)20-17(23)10-27-18(24)14-8-12(19)5-7-15(14)22/h4-9,22H,10H2,1-3H3,(H,20,23). The summed E-state index contributed by atoms with van der Waals surface area (Å²) in [5.74, 6) is -1.79. The number of aryl methyl sites for hydroxylation is 1. The van der Waals surface area contributed by atoms with Crippen LogP contribution in [-0.4, -0.2) is 50.4 Å². The van der Waals surface area contributed by atoms with Gasteiger partial charge in [0, 0.05) is 24.3 Å². The van der Waals surface area contributed by atoms with Gasteiger partial charge in [0.25, 0.3) is 5.91 Å². The maximum Gasteiger partial charge on any atom is 0.342 e. The minimum Gasteiger partial charge on any atom is -0.507 e. The number of hydrogen-bond acceptors (Lipinski definition) is 6. The Balaban J connectivity index is 2.08. The highest BCUT2D eigenvalue weighted by atomic mass is 79.9. The number of carbonyl (C=O) groups is 2. The van der Waals surface area contributed by atoms with Crippen LogP contribution in [0.5, 0.6) is 5.75 Å². The Morgan fingerprint density at radius 1 is 1.18 bits per heavy atom. The molecule has 150 valence electrons. The smallest absolute Gasteiger partial charge is 0.342 e. The Kier molecular flexibility index (Phi) is 6.81. The van der Waals surface area contributed by atoms with Crippen molar-refractivity contribution in [3.05, 3.63) is 52.0 Å². The summed E-state index contributed by atoms with van der Waals surface area (Å²) in [5, 5.41) is 12.2. The second kappa shape index (κ2) is 8.72. The van der Waals surface area contributed by atoms with E-state index in [9.17, 15) is 23.1 Å². The van der Waals surface area contributed by atoms with Gasteiger partial charge in [0.1, 0.15) is 11.3 Å². The fourth-order valence-electron chi connectivity index (χ4n) is 2.23. The quantitative estimate of drug-likeness (QED) is 0.627. The van der Waals surface area contributed by atoms with Crippen molar-refractivity contribution >= 4 is 43.5 Å². The molecule has 0 aliphatic rings. The van der Waals surface area contributed by atoms with Gasteiger partial charge in [0.15, 0.2) is 6.61 Å². The first-order valence-electron chi connectivity index (χ1n) is 8.01. The summed E-state index contributed by atoms with van der Waals surface area (Å²) < 4.78 is 31.2. The van der Waals surface area contributed by atoms with Crippen LogP contribution < -0.4 is 5.32 Å². The molecular weight excluding hydrogens is 452 g/mol. The summed E-state index contributed by atoms with van der Waals surface area (Å²) in [6.45, 7) is 1.04. The molecule has 2 aromatic rings. The molecule has 1 amide bonds. The molecule has 0 fully saturated rings. The Hall–Kier alpha value is -2.43. The van der Waals surface area contributed by atoms with Gasteiger partial charge in [-0.3, -0.25) is 4.79 Å². The van der Waals surface area contributed by atoms with E-state index < -0.39 is 28.5 Å². The van der Waals surface area contributed by atoms with Crippen LogP contribution in [0.2, 0.25) is 0 Å². The largest absolute Gasteiger partial charge is 0.507 e. The highest BCUT2D eigenvalue weighted by Crippen LogP contribution is 2.23. The third-order valence-electron chi connectivity index (χ3n) is 3.74. The number of sulfonamides is 1. The fourth-order valence-corrected chi connectivity index (χ4v) is 3.74. The summed E-state index contributed by atoms with van der Waals surface area (Å²) in [6.07, 6.45) is 0. The SMILES string of the molecule is Cc1ccc(NC(=O)COC(=O)c2cc(Br)ccc2O)cc1S(=O)(=O)N(C)C. The number of nitrogens with zero attached hydrogens (tertiary/aromatic N) is 1. The molecule has 0 unspecified atom stereocenters. The zero-order valence-corrected chi connectivity index (χ0v) is 17.8. The van der Waals surface area contributed by atoms with E-state index in [4.69, 9.17) is 4.74 Å². The molecule has 0 saturated heterocycles. The highest BCUT2D eigenvalue weighted by Gasteiger charge is 2.21. The lowest BCUT2D eigenvalue weighted by atomic mass is 10.2. The summed E-state index contributed by atoms with van der Waals surface area (Å²) in [4.78, 5) is 24.1. The molecule has 0 heterocycles. The number of phenols is 1. The Labute approximate surface area is 171 Å². The number of amides is 1. The normalized spacial score (nSPS) is 11.3. The number of nitrogens with one attached hydrogen (secondary N) is 1. The van der Waals surface area contributed by atoms with E-state index in [1.165, 1.54) is 32.3 Å². The maximum absolute atomic E-state index is 12.3. The first-order chi connectivity index (χ1) is 13.0. The number of hydrogen-bond donors (Lipinski definition) is 2. The Morgan fingerprint density at radius 3 is 2.50 bits per heavy atom. The van der Waals surface area contributed by atoms with Crippen molar-refractivity contribution in [1.82, 2.24) is 4.31 Å². The van der Waals surface area contributed by atoms with Gasteiger partial charge in [-0.1, -0.05) is 22.0 Å². The molecule has 8 nitrogen and oxygen atoms in total. The molecule has 0 aliphatic heterocycles. The van der Waals surface area contributed by atoms with Crippen LogP contribution in [0, 0.1) is 6.92 Å². The predicted molar refractivity (Wildman–Crippen MR) is 107 cm³/mol. The van der Waals surface area contributed by atoms with E-state index in [1.54, 1.807) is 25.1 Å². The van der Waals surface area contributed by atoms with Crippen LogP contribution in [0.3, 0.4) is 0 Å². The lowest BCUT2D eigenvalue weighted by molar-refractivity contribution is -0.119. The van der Waals surface area contributed by atoms with Crippen molar-refractivity contribution in [1.29, 1.82) is 0 Å². The monoisotopic (exact) mass is 470 g/mol. The van der Waals surface area contributed by atoms with Gasteiger partial charge in [0.05, 0.1) is 4.90 Å². The summed E-state index contributed by atoms with van der Waals surface area (Å²) in [5.41, 5.74) is 0.692. The summed E-state index contributed by atoms with van der Waals surface area (Å²) in [7, 11) is -0.845. The van der Waals surface area contributed by atoms with Gasteiger partial charge >= 0.3 is 5.97 Å². The minimum atomic E-state index is -3.67. The second-order valence-electron chi connectivity index (χ2n) is 6.05. The van der Waals surface area contributed by atoms with E-state index in [0.717, 1.165) is 4.31 Å². The van der Waals surface area contributed by atoms with Gasteiger partial charge in [0.2, 0.25) is 10.0 Å². The Bertz CT molecular complexity index is 1020. The molecule has 0 spiro atoms. The molecule has 0 aliphatic carbocycles. The number of anilines is 1. The van der Waals surface area contributed by atoms with Crippen LogP contribution in [0.4, 0.5) is 5.69 Å². The molecule has 0 saturated carbocycles. The third-order valence-corrected chi connectivity index (χ3v) is 6.19. The zero-order chi connectivity index (χ0) is 21.1. The van der Waals surface area contributed by atoms with E-state index in [2.05, 4.69) is 21.2 Å². The van der Waals surface area contributed by atoms with Crippen molar-refractivity contribution in [2.45, 2.75) is 11.8 Å². The van der Waals surface area contributed by atoms with E-state index in [0.29, 0.717) is 10.0 Å². The molecule has 28 heavy (non-hydrogen) atoms. The van der Waals surface area contributed by atoms with Crippen LogP contribution >= 0.6 is 15.9 Å². The number of halogens is 1. The second-order valence-corrected chi connectivity index (χ2v) is 9.09. The van der Waals surface area contributed by atoms with Crippen molar-refractivity contribution in [2.75, 3.05) is 26.0 Å². The highest BCUT2D eigenvalue weighted by molar-refractivity contribution is 9.10. The number of rotatable bonds is 6. The number of carbonyl (C=O) groups excluding carboxylic acids is 2. The zero-order valence-electron chi connectivity index (χ0n) is 15.4. The average Bonchev–Trinajstić information content (AvgIpc) is 2.63. The van der Waals surface area contributed by atoms with Crippen molar-refractivity contribution < 1.29 is 27.9 Å². The summed E-state index contributed by atoms with van der Waals surface area (Å²) >= 11 is 3.18. The van der Waals surface area contributed by atoms with E-state index in [-0.39, 0.29) is 21.9 Å². The van der Waals surface area contributed by atoms with Gasteiger partial charge in [-0.2, -0.15) is 0 Å². The number of esters is 1. The maximum atomic E-state index is 12.3. The molecule has 2 aromatic carbocycles. The topological polar surface area (TPSA) is 113 Å². The molecular formula is C18H19BrN2O6S. The van der Waals surface area contributed by atoms with Gasteiger partial charge < -0.3 is 15.2 Å². The number of ether oxygens (including phenoxy) is 1. The predicted octanol–water partition coefficient (Wildman–Crippen LogP) is 2.51. The number of aromatic hydroxyl groups is 1. The fraction of sp³-hybridized carbons (Fsp3) is 0.222. The lowest BCUT2D eigenvalue weighted by Gasteiger charge is -2.15. The molecule has 10 heteroatoms.